The molecule has 0 bridgehead atoms. The smallest absolute Gasteiger partial charge is 0.240 e. The number of nitrogens with two attached hydrogens (primary N) is 1. The molecular weight excluding hydrogens is 228 g/mol. The van der Waals surface area contributed by atoms with Crippen LogP contribution in [-0.2, 0) is 4.79 Å². The first-order valence-corrected chi connectivity index (χ1v) is 7.28. The Bertz CT molecular complexity index is 350. The highest BCUT2D eigenvalue weighted by Gasteiger charge is 2.55. The third-order valence-corrected chi connectivity index (χ3v) is 5.46. The van der Waals surface area contributed by atoms with Crippen LogP contribution in [0.3, 0.4) is 0 Å². The van der Waals surface area contributed by atoms with E-state index in [4.69, 9.17) is 5.73 Å². The quantitative estimate of drug-likeness (QED) is 0.783. The van der Waals surface area contributed by atoms with Crippen LogP contribution in [0.4, 0.5) is 0 Å². The zero-order valence-electron chi connectivity index (χ0n) is 11.1. The number of carbonyl (C=O) groups is 1. The van der Waals surface area contributed by atoms with Gasteiger partial charge in [-0.05, 0) is 38.5 Å². The van der Waals surface area contributed by atoms with Crippen LogP contribution in [0.5, 0.6) is 0 Å². The third kappa shape index (κ3) is 1.69. The lowest BCUT2D eigenvalue weighted by molar-refractivity contribution is -0.138. The SMILES string of the molecule is C[C@@H]1C[C@@H]2CC2N1C(=O)[C@@H](N)C1(CO)CCCC1. The van der Waals surface area contributed by atoms with Gasteiger partial charge in [-0.15, -0.1) is 0 Å². The van der Waals surface area contributed by atoms with Crippen molar-refractivity contribution < 1.29 is 9.90 Å². The van der Waals surface area contributed by atoms with Gasteiger partial charge in [-0.25, -0.2) is 0 Å². The van der Waals surface area contributed by atoms with Gasteiger partial charge in [-0.2, -0.15) is 0 Å². The van der Waals surface area contributed by atoms with Gasteiger partial charge in [0, 0.05) is 17.5 Å². The van der Waals surface area contributed by atoms with E-state index in [1.807, 2.05) is 4.90 Å². The van der Waals surface area contributed by atoms with Gasteiger partial charge in [0.2, 0.25) is 5.91 Å². The first-order chi connectivity index (χ1) is 8.59. The van der Waals surface area contributed by atoms with Gasteiger partial charge in [0.05, 0.1) is 12.6 Å². The Hall–Kier alpha value is -0.610. The summed E-state index contributed by atoms with van der Waals surface area (Å²) in [5.41, 5.74) is 5.90. The Morgan fingerprint density at radius 3 is 2.61 bits per heavy atom. The average Bonchev–Trinajstić information content (AvgIpc) is 2.83. The van der Waals surface area contributed by atoms with Crippen molar-refractivity contribution in [2.45, 2.75) is 63.6 Å². The minimum atomic E-state index is -0.508. The second-order valence-electron chi connectivity index (χ2n) is 6.60. The predicted octanol–water partition coefficient (Wildman–Crippen LogP) is 0.876. The number of likely N-dealkylation sites (tertiary alicyclic amines) is 1. The summed E-state index contributed by atoms with van der Waals surface area (Å²) in [6.45, 7) is 2.17. The monoisotopic (exact) mass is 252 g/mol. The summed E-state index contributed by atoms with van der Waals surface area (Å²) in [6, 6.07) is 0.284. The molecule has 1 unspecified atom stereocenters. The van der Waals surface area contributed by atoms with Gasteiger partial charge in [-0.1, -0.05) is 12.8 Å². The average molecular weight is 252 g/mol. The number of amides is 1. The number of hydrogen-bond donors (Lipinski definition) is 2. The molecule has 18 heavy (non-hydrogen) atoms. The number of fused-ring (bicyclic) bond motifs is 1. The van der Waals surface area contributed by atoms with Crippen molar-refractivity contribution in [3.8, 4) is 0 Å². The molecule has 1 heterocycles. The van der Waals surface area contributed by atoms with E-state index in [1.165, 1.54) is 0 Å². The molecule has 4 atom stereocenters. The molecule has 0 spiro atoms. The molecule has 0 radical (unpaired) electrons. The first kappa shape index (κ1) is 12.4. The predicted molar refractivity (Wildman–Crippen MR) is 68.8 cm³/mol. The molecule has 3 aliphatic rings. The summed E-state index contributed by atoms with van der Waals surface area (Å²) in [7, 11) is 0. The zero-order valence-corrected chi connectivity index (χ0v) is 11.1. The van der Waals surface area contributed by atoms with Crippen LogP contribution in [0.15, 0.2) is 0 Å². The van der Waals surface area contributed by atoms with Crippen LogP contribution >= 0.6 is 0 Å². The summed E-state index contributed by atoms with van der Waals surface area (Å²) >= 11 is 0. The Labute approximate surface area is 109 Å². The molecule has 1 saturated heterocycles. The molecule has 2 aliphatic carbocycles. The molecule has 2 saturated carbocycles. The maximum Gasteiger partial charge on any atom is 0.240 e. The number of piperidine rings is 1. The lowest BCUT2D eigenvalue weighted by atomic mass is 9.79. The summed E-state index contributed by atoms with van der Waals surface area (Å²) in [5.74, 6) is 0.813. The van der Waals surface area contributed by atoms with Gasteiger partial charge >= 0.3 is 0 Å². The molecular formula is C14H24N2O2. The van der Waals surface area contributed by atoms with Gasteiger partial charge in [0.1, 0.15) is 0 Å². The normalized spacial score (nSPS) is 38.6. The molecule has 102 valence electrons. The zero-order chi connectivity index (χ0) is 12.9. The highest BCUT2D eigenvalue weighted by molar-refractivity contribution is 5.84. The van der Waals surface area contributed by atoms with Crippen molar-refractivity contribution in [3.63, 3.8) is 0 Å². The maximum atomic E-state index is 12.6. The number of rotatable bonds is 3. The molecule has 0 aromatic rings. The molecule has 3 N–H and O–H groups in total. The number of aliphatic hydroxyl groups excluding tert-OH is 1. The van der Waals surface area contributed by atoms with E-state index in [2.05, 4.69) is 6.92 Å². The molecule has 0 aromatic heterocycles. The Morgan fingerprint density at radius 1 is 1.44 bits per heavy atom. The van der Waals surface area contributed by atoms with Crippen molar-refractivity contribution in [1.29, 1.82) is 0 Å². The molecule has 4 heteroatoms. The third-order valence-electron chi connectivity index (χ3n) is 5.46. The Morgan fingerprint density at radius 2 is 2.11 bits per heavy atom. The van der Waals surface area contributed by atoms with E-state index in [-0.39, 0.29) is 17.9 Å². The van der Waals surface area contributed by atoms with Crippen molar-refractivity contribution in [1.82, 2.24) is 4.90 Å². The van der Waals surface area contributed by atoms with Gasteiger partial charge in [0.25, 0.3) is 0 Å². The first-order valence-electron chi connectivity index (χ1n) is 7.28. The second-order valence-corrected chi connectivity index (χ2v) is 6.60. The minimum Gasteiger partial charge on any atom is -0.396 e. The van der Waals surface area contributed by atoms with Crippen LogP contribution in [0.25, 0.3) is 0 Å². The van der Waals surface area contributed by atoms with E-state index in [0.717, 1.165) is 44.4 Å². The summed E-state index contributed by atoms with van der Waals surface area (Å²) in [6.07, 6.45) is 6.26. The Kier molecular flexibility index (Phi) is 2.90. The Balaban J connectivity index is 1.75. The van der Waals surface area contributed by atoms with Crippen molar-refractivity contribution in [2.75, 3.05) is 6.61 Å². The van der Waals surface area contributed by atoms with Crippen LogP contribution in [0.2, 0.25) is 0 Å². The van der Waals surface area contributed by atoms with Crippen molar-refractivity contribution in [3.05, 3.63) is 0 Å². The fourth-order valence-corrected chi connectivity index (χ4v) is 4.15. The van der Waals surface area contributed by atoms with Crippen molar-refractivity contribution in [2.24, 2.45) is 17.1 Å². The van der Waals surface area contributed by atoms with Crippen LogP contribution < -0.4 is 5.73 Å². The number of carbonyl (C=O) groups excluding carboxylic acids is 1. The van der Waals surface area contributed by atoms with E-state index in [9.17, 15) is 9.90 Å². The summed E-state index contributed by atoms with van der Waals surface area (Å²) in [5, 5.41) is 9.67. The molecule has 3 rings (SSSR count). The lowest BCUT2D eigenvalue weighted by Crippen LogP contribution is -2.55. The number of hydrogen-bond acceptors (Lipinski definition) is 3. The molecule has 3 fully saturated rings. The molecule has 1 amide bonds. The van der Waals surface area contributed by atoms with Gasteiger partial charge < -0.3 is 15.7 Å². The standard InChI is InChI=1S/C14H24N2O2/c1-9-6-10-7-11(10)16(9)13(18)12(15)14(8-17)4-2-3-5-14/h9-12,17H,2-8,15H2,1H3/t9-,10-,11?,12-/m1/s1. The van der Waals surface area contributed by atoms with E-state index in [0.29, 0.717) is 12.1 Å². The fraction of sp³-hybridized carbons (Fsp3) is 0.929. The summed E-state index contributed by atoms with van der Waals surface area (Å²) in [4.78, 5) is 14.7. The fourth-order valence-electron chi connectivity index (χ4n) is 4.15. The van der Waals surface area contributed by atoms with Crippen LogP contribution in [-0.4, -0.2) is 40.6 Å². The van der Waals surface area contributed by atoms with Crippen LogP contribution in [0.1, 0.15) is 45.4 Å². The number of aliphatic hydroxyl groups is 1. The lowest BCUT2D eigenvalue weighted by Gasteiger charge is -2.36. The topological polar surface area (TPSA) is 66.6 Å². The van der Waals surface area contributed by atoms with E-state index >= 15 is 0 Å². The van der Waals surface area contributed by atoms with Gasteiger partial charge in [0.15, 0.2) is 0 Å². The maximum absolute atomic E-state index is 12.6. The molecule has 0 aromatic carbocycles. The number of nitrogens with zero attached hydrogens (tertiary/aromatic N) is 1. The highest BCUT2D eigenvalue weighted by atomic mass is 16.3. The second kappa shape index (κ2) is 4.20. The highest BCUT2D eigenvalue weighted by Crippen LogP contribution is 2.49. The summed E-state index contributed by atoms with van der Waals surface area (Å²) < 4.78 is 0. The minimum absolute atomic E-state index is 0.0518. The van der Waals surface area contributed by atoms with E-state index < -0.39 is 6.04 Å². The van der Waals surface area contributed by atoms with Crippen molar-refractivity contribution >= 4 is 5.91 Å². The molecule has 1 aliphatic heterocycles. The largest absolute Gasteiger partial charge is 0.396 e. The molecule has 4 nitrogen and oxygen atoms in total. The van der Waals surface area contributed by atoms with Gasteiger partial charge in [-0.3, -0.25) is 4.79 Å². The van der Waals surface area contributed by atoms with Crippen LogP contribution in [0, 0.1) is 11.3 Å². The van der Waals surface area contributed by atoms with E-state index in [1.54, 1.807) is 0 Å².